The standard InChI is InChI=1S/C14H14O4/c1-10-8-12-13(18-7-6-17-12)9-11(10)4-2-3-5-14(15)16/h2-5,8-9H,6-7H2,1H3,(H,15,16)/b4-2+,5-3+. The highest BCUT2D eigenvalue weighted by atomic mass is 16.6. The molecule has 0 saturated carbocycles. The van der Waals surface area contributed by atoms with Crippen molar-refractivity contribution >= 4 is 12.0 Å². The Balaban J connectivity index is 2.20. The van der Waals surface area contributed by atoms with Crippen LogP contribution in [0.25, 0.3) is 6.08 Å². The normalized spacial score (nSPS) is 14.3. The molecule has 18 heavy (non-hydrogen) atoms. The molecular formula is C14H14O4. The van der Waals surface area contributed by atoms with Crippen LogP contribution in [0.4, 0.5) is 0 Å². The van der Waals surface area contributed by atoms with Gasteiger partial charge in [0, 0.05) is 6.08 Å². The average molecular weight is 246 g/mol. The molecule has 4 heteroatoms. The molecule has 1 N–H and O–H groups in total. The maximum atomic E-state index is 10.3. The van der Waals surface area contributed by atoms with Crippen LogP contribution >= 0.6 is 0 Å². The Morgan fingerprint density at radius 1 is 1.22 bits per heavy atom. The molecule has 1 aromatic carbocycles. The van der Waals surface area contributed by atoms with E-state index in [1.807, 2.05) is 25.1 Å². The first kappa shape index (κ1) is 12.2. The topological polar surface area (TPSA) is 55.8 Å². The van der Waals surface area contributed by atoms with Gasteiger partial charge >= 0.3 is 5.97 Å². The Hall–Kier alpha value is -2.23. The number of fused-ring (bicyclic) bond motifs is 1. The molecule has 0 radical (unpaired) electrons. The highest BCUT2D eigenvalue weighted by Crippen LogP contribution is 2.33. The number of aliphatic carboxylic acids is 1. The largest absolute Gasteiger partial charge is 0.486 e. The van der Waals surface area contributed by atoms with Crippen molar-refractivity contribution in [1.82, 2.24) is 0 Å². The summed E-state index contributed by atoms with van der Waals surface area (Å²) in [5, 5.41) is 8.47. The average Bonchev–Trinajstić information content (AvgIpc) is 2.34. The molecule has 0 saturated heterocycles. The van der Waals surface area contributed by atoms with Crippen LogP contribution in [0.2, 0.25) is 0 Å². The molecule has 0 amide bonds. The van der Waals surface area contributed by atoms with Crippen molar-refractivity contribution < 1.29 is 19.4 Å². The fraction of sp³-hybridized carbons (Fsp3) is 0.214. The first-order valence-corrected chi connectivity index (χ1v) is 5.65. The highest BCUT2D eigenvalue weighted by molar-refractivity contribution is 5.80. The number of hydrogen-bond acceptors (Lipinski definition) is 3. The fourth-order valence-electron chi connectivity index (χ4n) is 1.68. The maximum Gasteiger partial charge on any atom is 0.328 e. The quantitative estimate of drug-likeness (QED) is 0.657. The first-order chi connectivity index (χ1) is 8.66. The lowest BCUT2D eigenvalue weighted by Crippen LogP contribution is -2.15. The Morgan fingerprint density at radius 2 is 1.89 bits per heavy atom. The summed E-state index contributed by atoms with van der Waals surface area (Å²) >= 11 is 0. The zero-order chi connectivity index (χ0) is 13.0. The summed E-state index contributed by atoms with van der Waals surface area (Å²) in [6.45, 7) is 3.10. The van der Waals surface area contributed by atoms with Gasteiger partial charge in [-0.3, -0.25) is 0 Å². The van der Waals surface area contributed by atoms with E-state index in [2.05, 4.69) is 0 Å². The number of aryl methyl sites for hydroxylation is 1. The van der Waals surface area contributed by atoms with Crippen molar-refractivity contribution in [2.75, 3.05) is 13.2 Å². The summed E-state index contributed by atoms with van der Waals surface area (Å²) in [4.78, 5) is 10.3. The van der Waals surface area contributed by atoms with E-state index in [-0.39, 0.29) is 0 Å². The molecular weight excluding hydrogens is 232 g/mol. The third-order valence-corrected chi connectivity index (χ3v) is 2.56. The molecule has 4 nitrogen and oxygen atoms in total. The summed E-state index contributed by atoms with van der Waals surface area (Å²) in [5.41, 5.74) is 2.04. The van der Waals surface area contributed by atoms with Gasteiger partial charge in [-0.05, 0) is 30.2 Å². The number of ether oxygens (including phenoxy) is 2. The van der Waals surface area contributed by atoms with E-state index < -0.39 is 5.97 Å². The molecule has 1 aromatic rings. The number of hydrogen-bond donors (Lipinski definition) is 1. The Labute approximate surface area is 105 Å². The molecule has 1 heterocycles. The lowest BCUT2D eigenvalue weighted by Gasteiger charge is -2.19. The fourth-order valence-corrected chi connectivity index (χ4v) is 1.68. The molecule has 0 bridgehead atoms. The first-order valence-electron chi connectivity index (χ1n) is 5.65. The minimum absolute atomic E-state index is 0.554. The molecule has 2 rings (SSSR count). The van der Waals surface area contributed by atoms with Gasteiger partial charge in [-0.15, -0.1) is 0 Å². The lowest BCUT2D eigenvalue weighted by atomic mass is 10.1. The minimum atomic E-state index is -0.960. The molecule has 1 aliphatic heterocycles. The Bertz CT molecular complexity index is 515. The molecule has 0 fully saturated rings. The van der Waals surface area contributed by atoms with Gasteiger partial charge in [0.25, 0.3) is 0 Å². The van der Waals surface area contributed by atoms with E-state index in [4.69, 9.17) is 14.6 Å². The number of benzene rings is 1. The lowest BCUT2D eigenvalue weighted by molar-refractivity contribution is -0.131. The van der Waals surface area contributed by atoms with E-state index in [0.29, 0.717) is 13.2 Å². The second-order valence-corrected chi connectivity index (χ2v) is 3.91. The number of rotatable bonds is 3. The summed E-state index contributed by atoms with van der Waals surface area (Å²) in [5.74, 6) is 0.532. The van der Waals surface area contributed by atoms with E-state index in [1.54, 1.807) is 6.08 Å². The maximum absolute atomic E-state index is 10.3. The van der Waals surface area contributed by atoms with Gasteiger partial charge in [0.15, 0.2) is 11.5 Å². The number of carboxylic acids is 1. The second-order valence-electron chi connectivity index (χ2n) is 3.91. The van der Waals surface area contributed by atoms with Crippen molar-refractivity contribution in [2.24, 2.45) is 0 Å². The number of carboxylic acid groups (broad SMARTS) is 1. The number of carbonyl (C=O) groups is 1. The summed E-state index contributed by atoms with van der Waals surface area (Å²) < 4.78 is 11.0. The van der Waals surface area contributed by atoms with E-state index in [1.165, 1.54) is 6.08 Å². The van der Waals surface area contributed by atoms with Crippen molar-refractivity contribution in [2.45, 2.75) is 6.92 Å². The van der Waals surface area contributed by atoms with Gasteiger partial charge in [-0.2, -0.15) is 0 Å². The SMILES string of the molecule is Cc1cc2c(cc1/C=C/C=C/C(=O)O)OCCO2. The minimum Gasteiger partial charge on any atom is -0.486 e. The smallest absolute Gasteiger partial charge is 0.328 e. The van der Waals surface area contributed by atoms with Gasteiger partial charge in [0.05, 0.1) is 0 Å². The van der Waals surface area contributed by atoms with Crippen LogP contribution in [0, 0.1) is 6.92 Å². The van der Waals surface area contributed by atoms with Gasteiger partial charge in [-0.25, -0.2) is 4.79 Å². The predicted molar refractivity (Wildman–Crippen MR) is 68.0 cm³/mol. The Kier molecular flexibility index (Phi) is 3.67. The summed E-state index contributed by atoms with van der Waals surface area (Å²) in [6, 6.07) is 3.82. The Morgan fingerprint density at radius 3 is 2.56 bits per heavy atom. The zero-order valence-electron chi connectivity index (χ0n) is 10.1. The molecule has 0 aromatic heterocycles. The van der Waals surface area contributed by atoms with Crippen molar-refractivity contribution in [1.29, 1.82) is 0 Å². The van der Waals surface area contributed by atoms with E-state index >= 15 is 0 Å². The second kappa shape index (κ2) is 5.40. The van der Waals surface area contributed by atoms with Crippen LogP contribution in [0.3, 0.4) is 0 Å². The summed E-state index contributed by atoms with van der Waals surface area (Å²) in [7, 11) is 0. The van der Waals surface area contributed by atoms with Gasteiger partial charge in [0.2, 0.25) is 0 Å². The van der Waals surface area contributed by atoms with Crippen LogP contribution in [0.15, 0.2) is 30.4 Å². The van der Waals surface area contributed by atoms with Gasteiger partial charge < -0.3 is 14.6 Å². The predicted octanol–water partition coefficient (Wildman–Crippen LogP) is 2.42. The van der Waals surface area contributed by atoms with Crippen LogP contribution in [-0.4, -0.2) is 24.3 Å². The third kappa shape index (κ3) is 2.91. The molecule has 0 aliphatic carbocycles. The molecule has 1 aliphatic rings. The van der Waals surface area contributed by atoms with Crippen LogP contribution < -0.4 is 9.47 Å². The van der Waals surface area contributed by atoms with Crippen molar-refractivity contribution in [3.05, 3.63) is 41.5 Å². The van der Waals surface area contributed by atoms with Crippen LogP contribution in [0.5, 0.6) is 11.5 Å². The van der Waals surface area contributed by atoms with Crippen LogP contribution in [-0.2, 0) is 4.79 Å². The van der Waals surface area contributed by atoms with Crippen molar-refractivity contribution in [3.63, 3.8) is 0 Å². The highest BCUT2D eigenvalue weighted by Gasteiger charge is 2.12. The van der Waals surface area contributed by atoms with Crippen molar-refractivity contribution in [3.8, 4) is 11.5 Å². The molecule has 0 spiro atoms. The van der Waals surface area contributed by atoms with Crippen LogP contribution in [0.1, 0.15) is 11.1 Å². The summed E-state index contributed by atoms with van der Waals surface area (Å²) in [6.07, 6.45) is 6.10. The number of allylic oxidation sites excluding steroid dienone is 2. The van der Waals surface area contributed by atoms with Gasteiger partial charge in [0.1, 0.15) is 13.2 Å². The van der Waals surface area contributed by atoms with E-state index in [0.717, 1.165) is 28.7 Å². The van der Waals surface area contributed by atoms with E-state index in [9.17, 15) is 4.79 Å². The van der Waals surface area contributed by atoms with Gasteiger partial charge in [-0.1, -0.05) is 18.2 Å². The third-order valence-electron chi connectivity index (χ3n) is 2.56. The monoisotopic (exact) mass is 246 g/mol. The molecule has 0 unspecified atom stereocenters. The molecule has 94 valence electrons. The zero-order valence-corrected chi connectivity index (χ0v) is 10.1. The molecule has 0 atom stereocenters.